The van der Waals surface area contributed by atoms with Crippen molar-refractivity contribution in [2.75, 3.05) is 13.1 Å². The number of halogens is 4. The Morgan fingerprint density at radius 3 is 1.71 bits per heavy atom. The van der Waals surface area contributed by atoms with Gasteiger partial charge in [-0.25, -0.2) is 0 Å². The highest BCUT2D eigenvalue weighted by molar-refractivity contribution is 4.46. The fourth-order valence-corrected chi connectivity index (χ4v) is 0.979. The first kappa shape index (κ1) is 19.3. The Hall–Kier alpha value is -0.320. The van der Waals surface area contributed by atoms with Gasteiger partial charge in [0.15, 0.2) is 0 Å². The summed E-state index contributed by atoms with van der Waals surface area (Å²) in [6.45, 7) is 6.86. The molecule has 0 bridgehead atoms. The lowest BCUT2D eigenvalue weighted by atomic mass is 10.2. The normalized spacial score (nSPS) is 8.14. The molecule has 0 saturated heterocycles. The molecule has 0 aromatic carbocycles. The molecule has 5 heteroatoms. The summed E-state index contributed by atoms with van der Waals surface area (Å²) in [5.41, 5.74) is 0. The molecule has 0 heterocycles. The Kier molecular flexibility index (Phi) is 40.4. The number of unbranched alkanes of at least 4 members (excludes halogenated alkanes) is 3. The Bertz CT molecular complexity index is 56.8. The first-order valence-corrected chi connectivity index (χ1v) is 4.91. The minimum atomic E-state index is 1.19. The summed E-state index contributed by atoms with van der Waals surface area (Å²) >= 11 is 0. The summed E-state index contributed by atoms with van der Waals surface area (Å²) < 4.78 is 32.0. The van der Waals surface area contributed by atoms with Crippen LogP contribution in [0, 0.1) is 0 Å². The molecule has 0 rings (SSSR count). The monoisotopic (exact) mass is 219 g/mol. The van der Waals surface area contributed by atoms with Crippen molar-refractivity contribution in [3.8, 4) is 0 Å². The zero-order chi connectivity index (χ0) is 11.7. The number of rotatable bonds is 7. The van der Waals surface area contributed by atoms with E-state index in [0.29, 0.717) is 0 Å². The highest BCUT2D eigenvalue weighted by Gasteiger charge is 1.85. The second-order valence-electron chi connectivity index (χ2n) is 2.81. The Labute approximate surface area is 83.6 Å². The van der Waals surface area contributed by atoms with E-state index in [1.807, 2.05) is 0 Å². The van der Waals surface area contributed by atoms with Gasteiger partial charge in [0.05, 0.1) is 0 Å². The van der Waals surface area contributed by atoms with Crippen molar-refractivity contribution < 1.29 is 18.3 Å². The molecular formula is C9H21F4N. The molecule has 0 fully saturated rings. The predicted molar refractivity (Wildman–Crippen MR) is 51.7 cm³/mol. The first-order chi connectivity index (χ1) is 6.91. The largest absolute Gasteiger partial charge is 0.317 e. The minimum absolute atomic E-state index is 1.19. The highest BCUT2D eigenvalue weighted by atomic mass is 20.0. The lowest BCUT2D eigenvalue weighted by Crippen LogP contribution is -2.15. The van der Waals surface area contributed by atoms with E-state index in [4.69, 9.17) is 18.3 Å². The Morgan fingerprint density at radius 1 is 0.714 bits per heavy atom. The van der Waals surface area contributed by atoms with Crippen LogP contribution in [0.1, 0.15) is 46.0 Å². The van der Waals surface area contributed by atoms with Crippen LogP contribution in [0.5, 0.6) is 0 Å². The van der Waals surface area contributed by atoms with Gasteiger partial charge in [0.25, 0.3) is 0 Å². The zero-order valence-corrected chi connectivity index (χ0v) is 8.96. The molecule has 90 valence electrons. The summed E-state index contributed by atoms with van der Waals surface area (Å²) in [4.78, 5) is 0. The van der Waals surface area contributed by atoms with E-state index >= 15 is 0 Å². The quantitative estimate of drug-likeness (QED) is 0.498. The molecule has 1 N–H and O–H groups in total. The van der Waals surface area contributed by atoms with Gasteiger partial charge in [0.1, 0.15) is 0 Å². The highest BCUT2D eigenvalue weighted by Crippen LogP contribution is 1.96. The lowest BCUT2D eigenvalue weighted by Gasteiger charge is -2.00. The van der Waals surface area contributed by atoms with Crippen LogP contribution < -0.4 is 5.32 Å². The summed E-state index contributed by atoms with van der Waals surface area (Å²) in [6.07, 6.45) is 6.75. The first-order valence-electron chi connectivity index (χ1n) is 4.91. The molecule has 0 atom stereocenters. The molecule has 0 amide bonds. The van der Waals surface area contributed by atoms with E-state index in [1.165, 1.54) is 45.2 Å². The number of nitrogens with one attached hydrogen (secondary N) is 1. The average molecular weight is 219 g/mol. The minimum Gasteiger partial charge on any atom is -0.317 e. The van der Waals surface area contributed by atoms with Gasteiger partial charge in [-0.3, -0.25) is 0 Å². The molecule has 0 aromatic rings. The Morgan fingerprint density at radius 2 is 1.29 bits per heavy atom. The molecular weight excluding hydrogens is 198 g/mol. The van der Waals surface area contributed by atoms with E-state index in [-0.39, 0.29) is 0 Å². The van der Waals surface area contributed by atoms with Gasteiger partial charge in [-0.05, 0) is 25.9 Å². The van der Waals surface area contributed by atoms with Crippen LogP contribution in [-0.4, -0.2) is 13.1 Å². The lowest BCUT2D eigenvalue weighted by molar-refractivity contribution is 0.108. The van der Waals surface area contributed by atoms with Gasteiger partial charge in [-0.2, -0.15) is 0 Å². The average Bonchev–Trinajstić information content (AvgIpc) is 2.29. The van der Waals surface area contributed by atoms with Crippen molar-refractivity contribution >= 4 is 0 Å². The van der Waals surface area contributed by atoms with Crippen molar-refractivity contribution in [2.45, 2.75) is 46.0 Å². The van der Waals surface area contributed by atoms with E-state index < -0.39 is 0 Å². The molecule has 0 radical (unpaired) electrons. The number of hydrogen-bond donors (Lipinski definition) is 1. The van der Waals surface area contributed by atoms with Gasteiger partial charge in [0.2, 0.25) is 0 Å². The molecule has 0 aromatic heterocycles. The predicted octanol–water partition coefficient (Wildman–Crippen LogP) is 4.25. The van der Waals surface area contributed by atoms with Crippen LogP contribution in [0.3, 0.4) is 0 Å². The smallest absolute Gasteiger partial charge is 0 e. The van der Waals surface area contributed by atoms with Crippen molar-refractivity contribution in [1.29, 1.82) is 0 Å². The maximum Gasteiger partial charge on any atom is 0 e. The topological polar surface area (TPSA) is 12.0 Å². The fraction of sp³-hybridized carbons (Fsp3) is 1.00. The molecule has 14 heavy (non-hydrogen) atoms. The Balaban J connectivity index is -0.000000266. The second kappa shape index (κ2) is 29.3. The van der Waals surface area contributed by atoms with Crippen molar-refractivity contribution in [1.82, 2.24) is 5.32 Å². The van der Waals surface area contributed by atoms with Crippen LogP contribution in [0.25, 0.3) is 0 Å². The van der Waals surface area contributed by atoms with Crippen LogP contribution in [-0.2, 0) is 0 Å². The van der Waals surface area contributed by atoms with Gasteiger partial charge < -0.3 is 5.32 Å². The number of hydrogen-bond acceptors (Lipinski definition) is 1. The van der Waals surface area contributed by atoms with Crippen LogP contribution in [0.15, 0.2) is 0 Å². The molecule has 0 saturated carbocycles. The third-order valence-corrected chi connectivity index (χ3v) is 1.63. The van der Waals surface area contributed by atoms with E-state index in [9.17, 15) is 0 Å². The van der Waals surface area contributed by atoms with Gasteiger partial charge in [-0.1, -0.05) is 33.1 Å². The summed E-state index contributed by atoms with van der Waals surface area (Å²) in [7, 11) is 0. The van der Waals surface area contributed by atoms with E-state index in [1.54, 1.807) is 0 Å². The molecule has 1 nitrogen and oxygen atoms in total. The van der Waals surface area contributed by atoms with Crippen LogP contribution in [0.4, 0.5) is 18.3 Å². The molecule has 0 aliphatic carbocycles. The summed E-state index contributed by atoms with van der Waals surface area (Å²) in [6, 6.07) is 0. The van der Waals surface area contributed by atoms with E-state index in [0.717, 1.165) is 0 Å². The molecule has 0 aliphatic heterocycles. The van der Waals surface area contributed by atoms with Crippen molar-refractivity contribution in [2.24, 2.45) is 0 Å². The van der Waals surface area contributed by atoms with Crippen molar-refractivity contribution in [3.05, 3.63) is 0 Å². The fourth-order valence-electron chi connectivity index (χ4n) is 0.979. The van der Waals surface area contributed by atoms with Gasteiger partial charge in [0, 0.05) is 18.3 Å². The third-order valence-electron chi connectivity index (χ3n) is 1.63. The van der Waals surface area contributed by atoms with Gasteiger partial charge >= 0.3 is 0 Å². The SMILES string of the molecule is CCCCCCNCCC.FF.FF. The molecule has 0 aliphatic rings. The maximum atomic E-state index is 8.00. The van der Waals surface area contributed by atoms with Crippen LogP contribution in [0.2, 0.25) is 0 Å². The summed E-state index contributed by atoms with van der Waals surface area (Å²) in [5, 5.41) is 3.39. The molecule has 0 spiro atoms. The molecule has 0 unspecified atom stereocenters. The standard InChI is InChI=1S/C9H21N.2F2/c1-3-5-6-7-9-10-8-4-2;2*1-2/h10H,3-9H2,1-2H3;;. The third kappa shape index (κ3) is 29.9. The second-order valence-corrected chi connectivity index (χ2v) is 2.81. The van der Waals surface area contributed by atoms with Crippen LogP contribution >= 0.6 is 0 Å². The summed E-state index contributed by atoms with van der Waals surface area (Å²) in [5.74, 6) is 0. The maximum absolute atomic E-state index is 8.00. The van der Waals surface area contributed by atoms with E-state index in [2.05, 4.69) is 19.2 Å². The van der Waals surface area contributed by atoms with Gasteiger partial charge in [-0.15, -0.1) is 0 Å². The zero-order valence-electron chi connectivity index (χ0n) is 8.96. The van der Waals surface area contributed by atoms with Crippen molar-refractivity contribution in [3.63, 3.8) is 0 Å².